The number of benzene rings is 2. The first kappa shape index (κ1) is 27.1. The number of hydrogen-bond acceptors (Lipinski definition) is 7. The van der Waals surface area contributed by atoms with Crippen LogP contribution in [0.4, 0.5) is 14.6 Å². The average molecular weight is 577 g/mol. The molecule has 0 saturated heterocycles. The third-order valence-corrected chi connectivity index (χ3v) is 7.02. The summed E-state index contributed by atoms with van der Waals surface area (Å²) in [6.07, 6.45) is 2.58. The van der Waals surface area contributed by atoms with Crippen molar-refractivity contribution in [3.63, 3.8) is 0 Å². The molecule has 0 bridgehead atoms. The van der Waals surface area contributed by atoms with Crippen molar-refractivity contribution >= 4 is 27.7 Å². The molecule has 3 aromatic rings. The Hall–Kier alpha value is -2.99. The van der Waals surface area contributed by atoms with Crippen LogP contribution in [0.2, 0.25) is 0 Å². The molecule has 5 N–H and O–H groups in total. The Morgan fingerprint density at radius 1 is 1.27 bits per heavy atom. The van der Waals surface area contributed by atoms with E-state index in [9.17, 15) is 19.4 Å². The molecule has 1 amide bonds. The van der Waals surface area contributed by atoms with Gasteiger partial charge in [0.05, 0.1) is 42.3 Å². The van der Waals surface area contributed by atoms with E-state index in [1.54, 1.807) is 19.4 Å². The second kappa shape index (κ2) is 11.6. The summed E-state index contributed by atoms with van der Waals surface area (Å²) in [6, 6.07) is 6.97. The van der Waals surface area contributed by atoms with Crippen LogP contribution in [0, 0.1) is 11.6 Å². The van der Waals surface area contributed by atoms with Gasteiger partial charge in [-0.1, -0.05) is 22.0 Å². The Labute approximate surface area is 221 Å². The van der Waals surface area contributed by atoms with Gasteiger partial charge in [0, 0.05) is 23.1 Å². The van der Waals surface area contributed by atoms with E-state index in [0.29, 0.717) is 34.1 Å². The summed E-state index contributed by atoms with van der Waals surface area (Å²) in [5.41, 5.74) is 7.33. The van der Waals surface area contributed by atoms with E-state index in [2.05, 4.69) is 31.2 Å². The Morgan fingerprint density at radius 3 is 2.70 bits per heavy atom. The highest BCUT2D eigenvalue weighted by atomic mass is 79.9. The zero-order valence-electron chi connectivity index (χ0n) is 20.0. The van der Waals surface area contributed by atoms with Gasteiger partial charge in [-0.25, -0.2) is 18.7 Å². The van der Waals surface area contributed by atoms with Crippen LogP contribution in [-0.4, -0.2) is 52.0 Å². The SMILES string of the molecule is CO[C@H]1CC[C@H](c2cnc(N)c(-c3ccc(C(=O)N[C@H](CO)c4cc(F)cc(Br)c4)c(F)c3)n2)C[C@@H]1O. The van der Waals surface area contributed by atoms with E-state index in [-0.39, 0.29) is 29.1 Å². The fourth-order valence-corrected chi connectivity index (χ4v) is 5.06. The van der Waals surface area contributed by atoms with Crippen molar-refractivity contribution < 1.29 is 28.5 Å². The van der Waals surface area contributed by atoms with Crippen molar-refractivity contribution in [2.45, 2.75) is 43.4 Å². The van der Waals surface area contributed by atoms with Crippen molar-refractivity contribution in [1.29, 1.82) is 0 Å². The highest BCUT2D eigenvalue weighted by molar-refractivity contribution is 9.10. The predicted molar refractivity (Wildman–Crippen MR) is 137 cm³/mol. The van der Waals surface area contributed by atoms with Gasteiger partial charge < -0.3 is 26.0 Å². The Morgan fingerprint density at radius 2 is 2.05 bits per heavy atom. The average Bonchev–Trinajstić information content (AvgIpc) is 2.86. The van der Waals surface area contributed by atoms with Crippen LogP contribution in [0.15, 0.2) is 47.1 Å². The number of rotatable bonds is 7. The van der Waals surface area contributed by atoms with Gasteiger partial charge >= 0.3 is 0 Å². The van der Waals surface area contributed by atoms with E-state index in [4.69, 9.17) is 10.5 Å². The molecule has 0 unspecified atom stereocenters. The molecule has 1 aliphatic carbocycles. The van der Waals surface area contributed by atoms with E-state index in [1.165, 1.54) is 24.3 Å². The molecule has 0 spiro atoms. The van der Waals surface area contributed by atoms with E-state index in [0.717, 1.165) is 12.5 Å². The van der Waals surface area contributed by atoms with E-state index < -0.39 is 36.3 Å². The fourth-order valence-electron chi connectivity index (χ4n) is 4.58. The summed E-state index contributed by atoms with van der Waals surface area (Å²) < 4.78 is 34.6. The van der Waals surface area contributed by atoms with Gasteiger partial charge in [-0.2, -0.15) is 0 Å². The van der Waals surface area contributed by atoms with Gasteiger partial charge in [0.2, 0.25) is 0 Å². The van der Waals surface area contributed by atoms with Crippen LogP contribution >= 0.6 is 15.9 Å². The number of carbonyl (C=O) groups is 1. The molecule has 37 heavy (non-hydrogen) atoms. The van der Waals surface area contributed by atoms with Gasteiger partial charge in [0.15, 0.2) is 0 Å². The third-order valence-electron chi connectivity index (χ3n) is 6.56. The highest BCUT2D eigenvalue weighted by Crippen LogP contribution is 2.35. The molecule has 1 aliphatic rings. The van der Waals surface area contributed by atoms with Crippen molar-refractivity contribution in [3.8, 4) is 11.3 Å². The van der Waals surface area contributed by atoms with Crippen LogP contribution in [0.1, 0.15) is 52.8 Å². The van der Waals surface area contributed by atoms with Crippen molar-refractivity contribution in [1.82, 2.24) is 15.3 Å². The zero-order chi connectivity index (χ0) is 26.7. The number of anilines is 1. The number of methoxy groups -OCH3 is 1. The summed E-state index contributed by atoms with van der Waals surface area (Å²) in [6.45, 7) is -0.513. The smallest absolute Gasteiger partial charge is 0.254 e. The fraction of sp³-hybridized carbons (Fsp3) is 0.346. The number of nitrogen functional groups attached to an aromatic ring is 1. The molecular weight excluding hydrogens is 550 g/mol. The van der Waals surface area contributed by atoms with Crippen molar-refractivity contribution in [3.05, 3.63) is 75.5 Å². The number of ether oxygens (including phenoxy) is 1. The van der Waals surface area contributed by atoms with Crippen LogP contribution < -0.4 is 11.1 Å². The molecular formula is C26H27BrF2N4O4. The Balaban J connectivity index is 1.55. The molecule has 4 rings (SSSR count). The third kappa shape index (κ3) is 6.12. The van der Waals surface area contributed by atoms with Crippen LogP contribution in [-0.2, 0) is 4.74 Å². The number of nitrogens with one attached hydrogen (secondary N) is 1. The van der Waals surface area contributed by atoms with Crippen LogP contribution in [0.25, 0.3) is 11.3 Å². The maximum Gasteiger partial charge on any atom is 0.254 e. The molecule has 0 aliphatic heterocycles. The number of amides is 1. The second-order valence-corrected chi connectivity index (χ2v) is 9.90. The van der Waals surface area contributed by atoms with Gasteiger partial charge in [0.25, 0.3) is 5.91 Å². The highest BCUT2D eigenvalue weighted by Gasteiger charge is 2.31. The number of aliphatic hydroxyl groups is 2. The first-order valence-electron chi connectivity index (χ1n) is 11.7. The molecule has 8 nitrogen and oxygen atoms in total. The summed E-state index contributed by atoms with van der Waals surface area (Å²) in [7, 11) is 1.57. The standard InChI is InChI=1S/C26H27BrF2N4O4/c1-37-23-5-3-13(9-22(23)35)20-11-31-25(30)24(32-20)14-2-4-18(19(29)8-14)26(36)33-21(12-34)15-6-16(27)10-17(28)7-15/h2,4,6-8,10-11,13,21-23,34-35H,3,5,9,12H2,1H3,(H2,30,31)(H,33,36)/t13-,21+,22-,23-/m0/s1. The monoisotopic (exact) mass is 576 g/mol. The number of nitrogens with zero attached hydrogens (tertiary/aromatic N) is 2. The maximum atomic E-state index is 15.1. The first-order chi connectivity index (χ1) is 17.7. The van der Waals surface area contributed by atoms with Gasteiger partial charge in [0.1, 0.15) is 23.1 Å². The molecule has 1 saturated carbocycles. The lowest BCUT2D eigenvalue weighted by atomic mass is 9.83. The molecule has 11 heteroatoms. The molecule has 4 atom stereocenters. The molecule has 1 fully saturated rings. The number of carbonyl (C=O) groups excluding carboxylic acids is 1. The minimum Gasteiger partial charge on any atom is -0.394 e. The molecule has 1 heterocycles. The van der Waals surface area contributed by atoms with E-state index >= 15 is 4.39 Å². The summed E-state index contributed by atoms with van der Waals surface area (Å²) >= 11 is 3.17. The lowest BCUT2D eigenvalue weighted by Crippen LogP contribution is -2.34. The van der Waals surface area contributed by atoms with Crippen molar-refractivity contribution in [2.24, 2.45) is 0 Å². The normalized spacial score (nSPS) is 20.4. The van der Waals surface area contributed by atoms with Gasteiger partial charge in [-0.05, 0) is 55.2 Å². The topological polar surface area (TPSA) is 131 Å². The number of nitrogens with two attached hydrogens (primary N) is 1. The first-order valence-corrected chi connectivity index (χ1v) is 12.5. The summed E-state index contributed by atoms with van der Waals surface area (Å²) in [4.78, 5) is 21.6. The molecule has 196 valence electrons. The van der Waals surface area contributed by atoms with Gasteiger partial charge in [-0.3, -0.25) is 4.79 Å². The number of hydrogen-bond donors (Lipinski definition) is 4. The zero-order valence-corrected chi connectivity index (χ0v) is 21.6. The quantitative estimate of drug-likeness (QED) is 0.336. The largest absolute Gasteiger partial charge is 0.394 e. The Kier molecular flexibility index (Phi) is 8.48. The van der Waals surface area contributed by atoms with Crippen LogP contribution in [0.3, 0.4) is 0 Å². The minimum absolute atomic E-state index is 0.0542. The Bertz CT molecular complexity index is 1280. The molecule has 2 aromatic carbocycles. The number of aliphatic hydroxyl groups excluding tert-OH is 2. The number of halogens is 3. The number of aromatic nitrogens is 2. The maximum absolute atomic E-state index is 15.1. The summed E-state index contributed by atoms with van der Waals surface area (Å²) in [5.74, 6) is -2.10. The predicted octanol–water partition coefficient (Wildman–Crippen LogP) is 3.87. The lowest BCUT2D eigenvalue weighted by molar-refractivity contribution is -0.0414. The molecule has 1 aromatic heterocycles. The van der Waals surface area contributed by atoms with Gasteiger partial charge in [-0.15, -0.1) is 0 Å². The minimum atomic E-state index is -0.944. The van der Waals surface area contributed by atoms with Crippen LogP contribution in [0.5, 0.6) is 0 Å². The summed E-state index contributed by atoms with van der Waals surface area (Å²) in [5, 5.41) is 22.6. The molecule has 0 radical (unpaired) electrons. The van der Waals surface area contributed by atoms with E-state index in [1.807, 2.05) is 0 Å². The second-order valence-electron chi connectivity index (χ2n) is 8.99. The lowest BCUT2D eigenvalue weighted by Gasteiger charge is -2.31. The van der Waals surface area contributed by atoms with Crippen molar-refractivity contribution in [2.75, 3.05) is 19.5 Å².